The summed E-state index contributed by atoms with van der Waals surface area (Å²) in [6, 6.07) is 5.50. The summed E-state index contributed by atoms with van der Waals surface area (Å²) in [4.78, 5) is 25.5. The Morgan fingerprint density at radius 1 is 1.02 bits per heavy atom. The van der Waals surface area contributed by atoms with Crippen LogP contribution in [0.15, 0.2) is 18.2 Å². The SMILES string of the molecule is COCCCOc1cc(C[C@@H](C[C@H](N)[C@@H](O)C[C@H](C(=O)NCC2(NC(=O)OC(C)(C)C)CC2)C(C)C)C(C)C)ccc1OC. The van der Waals surface area contributed by atoms with Crippen LogP contribution in [0.5, 0.6) is 11.5 Å². The van der Waals surface area contributed by atoms with Gasteiger partial charge in [-0.2, -0.15) is 0 Å². The van der Waals surface area contributed by atoms with Crippen molar-refractivity contribution in [3.05, 3.63) is 23.8 Å². The Balaban J connectivity index is 1.97. The molecule has 4 atom stereocenters. The molecule has 2 amide bonds. The number of carbonyl (C=O) groups excluding carboxylic acids is 2. The largest absolute Gasteiger partial charge is 0.493 e. The molecule has 0 radical (unpaired) electrons. The zero-order valence-electron chi connectivity index (χ0n) is 28.5. The topological polar surface area (TPSA) is 141 Å². The first-order valence-corrected chi connectivity index (χ1v) is 16.1. The van der Waals surface area contributed by atoms with E-state index in [1.807, 2.05) is 52.8 Å². The fourth-order valence-corrected chi connectivity index (χ4v) is 5.27. The number of hydrogen-bond donors (Lipinski definition) is 4. The van der Waals surface area contributed by atoms with Crippen LogP contribution in [0.25, 0.3) is 0 Å². The van der Waals surface area contributed by atoms with Gasteiger partial charge in [0, 0.05) is 38.6 Å². The fourth-order valence-electron chi connectivity index (χ4n) is 5.27. The van der Waals surface area contributed by atoms with Gasteiger partial charge in [0.1, 0.15) is 5.60 Å². The van der Waals surface area contributed by atoms with Crippen molar-refractivity contribution >= 4 is 12.0 Å². The molecule has 0 bridgehead atoms. The van der Waals surface area contributed by atoms with E-state index in [2.05, 4.69) is 24.5 Å². The molecule has 1 fully saturated rings. The molecule has 2 rings (SSSR count). The number of nitrogens with two attached hydrogens (primary N) is 1. The summed E-state index contributed by atoms with van der Waals surface area (Å²) in [5, 5.41) is 17.1. The van der Waals surface area contributed by atoms with Crippen LogP contribution in [0.2, 0.25) is 0 Å². The lowest BCUT2D eigenvalue weighted by Crippen LogP contribution is -2.49. The van der Waals surface area contributed by atoms with Crippen molar-refractivity contribution in [2.24, 2.45) is 29.4 Å². The summed E-state index contributed by atoms with van der Waals surface area (Å²) in [6.45, 7) is 15.2. The summed E-state index contributed by atoms with van der Waals surface area (Å²) >= 11 is 0. The first-order valence-electron chi connectivity index (χ1n) is 16.1. The normalized spacial score (nSPS) is 17.0. The Morgan fingerprint density at radius 2 is 1.70 bits per heavy atom. The van der Waals surface area contributed by atoms with E-state index in [1.54, 1.807) is 14.2 Å². The Hall–Kier alpha value is -2.56. The first kappa shape index (κ1) is 37.6. The summed E-state index contributed by atoms with van der Waals surface area (Å²) < 4.78 is 22.0. The molecular formula is C34H59N3O7. The van der Waals surface area contributed by atoms with Gasteiger partial charge in [-0.15, -0.1) is 0 Å². The quantitative estimate of drug-likeness (QED) is 0.161. The number of aliphatic hydroxyl groups excluding tert-OH is 1. The van der Waals surface area contributed by atoms with E-state index < -0.39 is 35.3 Å². The predicted octanol–water partition coefficient (Wildman–Crippen LogP) is 4.84. The highest BCUT2D eigenvalue weighted by atomic mass is 16.6. The predicted molar refractivity (Wildman–Crippen MR) is 173 cm³/mol. The Kier molecular flexibility index (Phi) is 14.7. The van der Waals surface area contributed by atoms with Crippen molar-refractivity contribution in [3.8, 4) is 11.5 Å². The molecule has 0 heterocycles. The summed E-state index contributed by atoms with van der Waals surface area (Å²) in [5.74, 6) is 1.39. The summed E-state index contributed by atoms with van der Waals surface area (Å²) in [6.07, 6.45) is 2.68. The van der Waals surface area contributed by atoms with Crippen LogP contribution in [0.4, 0.5) is 4.79 Å². The number of alkyl carbamates (subject to hydrolysis) is 1. The monoisotopic (exact) mass is 621 g/mol. The lowest BCUT2D eigenvalue weighted by Gasteiger charge is -2.30. The maximum atomic E-state index is 13.3. The number of carbonyl (C=O) groups is 2. The molecule has 44 heavy (non-hydrogen) atoms. The van der Waals surface area contributed by atoms with Gasteiger partial charge in [-0.1, -0.05) is 33.8 Å². The lowest BCUT2D eigenvalue weighted by atomic mass is 9.81. The molecule has 1 aliphatic carbocycles. The molecule has 0 aliphatic heterocycles. The van der Waals surface area contributed by atoms with Crippen molar-refractivity contribution in [2.75, 3.05) is 34.0 Å². The number of nitrogens with one attached hydrogen (secondary N) is 2. The van der Waals surface area contributed by atoms with Gasteiger partial charge in [-0.3, -0.25) is 4.79 Å². The maximum absolute atomic E-state index is 13.3. The fraction of sp³-hybridized carbons (Fsp3) is 0.765. The molecule has 10 heteroatoms. The molecule has 1 aromatic carbocycles. The average Bonchev–Trinajstić information content (AvgIpc) is 3.70. The Morgan fingerprint density at radius 3 is 2.25 bits per heavy atom. The zero-order chi connectivity index (χ0) is 33.1. The number of rotatable bonds is 19. The van der Waals surface area contributed by atoms with Gasteiger partial charge in [-0.25, -0.2) is 4.79 Å². The number of benzene rings is 1. The van der Waals surface area contributed by atoms with E-state index in [1.165, 1.54) is 0 Å². The molecule has 5 N–H and O–H groups in total. The third-order valence-electron chi connectivity index (χ3n) is 8.35. The van der Waals surface area contributed by atoms with Gasteiger partial charge in [0.05, 0.1) is 25.4 Å². The molecular weight excluding hydrogens is 562 g/mol. The highest BCUT2D eigenvalue weighted by molar-refractivity contribution is 5.79. The van der Waals surface area contributed by atoms with Gasteiger partial charge >= 0.3 is 6.09 Å². The lowest BCUT2D eigenvalue weighted by molar-refractivity contribution is -0.127. The maximum Gasteiger partial charge on any atom is 0.408 e. The molecule has 1 aliphatic rings. The minimum Gasteiger partial charge on any atom is -0.493 e. The Labute approximate surface area is 265 Å². The van der Waals surface area contributed by atoms with Crippen LogP contribution in [-0.2, 0) is 20.7 Å². The third-order valence-corrected chi connectivity index (χ3v) is 8.35. The van der Waals surface area contributed by atoms with E-state index in [0.717, 1.165) is 31.2 Å². The smallest absolute Gasteiger partial charge is 0.408 e. The summed E-state index contributed by atoms with van der Waals surface area (Å²) in [5.41, 5.74) is 6.63. The van der Waals surface area contributed by atoms with E-state index in [-0.39, 0.29) is 24.2 Å². The molecule has 10 nitrogen and oxygen atoms in total. The minimum absolute atomic E-state index is 0.00771. The number of amides is 2. The summed E-state index contributed by atoms with van der Waals surface area (Å²) in [7, 11) is 3.30. The molecule has 0 aromatic heterocycles. The molecule has 1 saturated carbocycles. The third kappa shape index (κ3) is 12.8. The second kappa shape index (κ2) is 17.2. The zero-order valence-corrected chi connectivity index (χ0v) is 28.5. The minimum atomic E-state index is -0.834. The molecule has 1 aromatic rings. The second-order valence-electron chi connectivity index (χ2n) is 14.1. The standard InChI is InChI=1S/C34H59N3O7/c1-22(2)25(17-24-11-12-29(42-9)30(18-24)43-16-10-15-41-8)19-27(35)28(38)20-26(23(3)4)31(39)36-21-34(13-14-34)37-32(40)44-33(5,6)7/h11-12,18,22-23,25-28,38H,10,13-17,19-21,35H2,1-9H3,(H,36,39)(H,37,40)/t25-,26-,27-,28-/m0/s1. The molecule has 0 spiro atoms. The first-order chi connectivity index (χ1) is 20.6. The molecule has 0 unspecified atom stereocenters. The Bertz CT molecular complexity index is 1040. The second-order valence-corrected chi connectivity index (χ2v) is 14.1. The van der Waals surface area contributed by atoms with Crippen LogP contribution in [0, 0.1) is 23.7 Å². The van der Waals surface area contributed by atoms with E-state index in [9.17, 15) is 14.7 Å². The number of aliphatic hydroxyl groups is 1. The van der Waals surface area contributed by atoms with E-state index >= 15 is 0 Å². The van der Waals surface area contributed by atoms with Gasteiger partial charge < -0.3 is 40.4 Å². The van der Waals surface area contributed by atoms with E-state index in [0.29, 0.717) is 43.6 Å². The van der Waals surface area contributed by atoms with Gasteiger partial charge in [0.15, 0.2) is 11.5 Å². The van der Waals surface area contributed by atoms with Crippen molar-refractivity contribution in [1.29, 1.82) is 0 Å². The highest BCUT2D eigenvalue weighted by Gasteiger charge is 2.45. The van der Waals surface area contributed by atoms with Crippen molar-refractivity contribution in [2.45, 2.75) is 110 Å². The van der Waals surface area contributed by atoms with Crippen LogP contribution < -0.4 is 25.8 Å². The van der Waals surface area contributed by atoms with Crippen molar-refractivity contribution < 1.29 is 33.6 Å². The van der Waals surface area contributed by atoms with Gasteiger partial charge in [0.2, 0.25) is 5.91 Å². The van der Waals surface area contributed by atoms with Crippen LogP contribution in [0.3, 0.4) is 0 Å². The number of ether oxygens (including phenoxy) is 4. The number of methoxy groups -OCH3 is 2. The van der Waals surface area contributed by atoms with Crippen LogP contribution in [0.1, 0.15) is 86.1 Å². The van der Waals surface area contributed by atoms with Gasteiger partial charge in [-0.05, 0) is 88.3 Å². The van der Waals surface area contributed by atoms with Gasteiger partial charge in [0.25, 0.3) is 0 Å². The highest BCUT2D eigenvalue weighted by Crippen LogP contribution is 2.35. The van der Waals surface area contributed by atoms with Crippen LogP contribution in [-0.4, -0.2) is 74.4 Å². The van der Waals surface area contributed by atoms with Crippen LogP contribution >= 0.6 is 0 Å². The van der Waals surface area contributed by atoms with E-state index in [4.69, 9.17) is 24.7 Å². The molecule has 0 saturated heterocycles. The molecule has 252 valence electrons. The van der Waals surface area contributed by atoms with Crippen molar-refractivity contribution in [1.82, 2.24) is 10.6 Å². The number of hydrogen-bond acceptors (Lipinski definition) is 8. The van der Waals surface area contributed by atoms with Crippen molar-refractivity contribution in [3.63, 3.8) is 0 Å². The average molecular weight is 622 g/mol.